The number of hydrogen-bond acceptors (Lipinski definition) is 3. The Hall–Kier alpha value is -2.24. The van der Waals surface area contributed by atoms with Crippen molar-refractivity contribution in [3.63, 3.8) is 0 Å². The summed E-state index contributed by atoms with van der Waals surface area (Å²) in [5.74, 6) is -0.884. The molecule has 6 nitrogen and oxygen atoms in total. The number of hydrogen-bond donors (Lipinski definition) is 3. The van der Waals surface area contributed by atoms with Gasteiger partial charge in [-0.2, -0.15) is 0 Å². The first-order valence-electron chi connectivity index (χ1n) is 6.49. The highest BCUT2D eigenvalue weighted by Crippen LogP contribution is 2.36. The number of carboxylic acids is 1. The SMILES string of the molecule is Nc1ccccc1CC1(C(=O)O)CCN(C(=O)O)CC1. The summed E-state index contributed by atoms with van der Waals surface area (Å²) in [6.07, 6.45) is -0.0442. The fourth-order valence-corrected chi connectivity index (χ4v) is 2.65. The van der Waals surface area contributed by atoms with Crippen molar-refractivity contribution in [1.29, 1.82) is 0 Å². The van der Waals surface area contributed by atoms with Crippen molar-refractivity contribution in [3.05, 3.63) is 29.8 Å². The van der Waals surface area contributed by atoms with E-state index in [1.807, 2.05) is 12.1 Å². The third-order valence-corrected chi connectivity index (χ3v) is 4.03. The Morgan fingerprint density at radius 2 is 1.80 bits per heavy atom. The van der Waals surface area contributed by atoms with Crippen molar-refractivity contribution >= 4 is 17.7 Å². The van der Waals surface area contributed by atoms with Crippen LogP contribution >= 0.6 is 0 Å². The summed E-state index contributed by atoms with van der Waals surface area (Å²) in [5, 5.41) is 18.5. The number of carboxylic acid groups (broad SMARTS) is 2. The molecule has 0 unspecified atom stereocenters. The number of aliphatic carboxylic acids is 1. The van der Waals surface area contributed by atoms with Crippen LogP contribution in [0, 0.1) is 5.41 Å². The van der Waals surface area contributed by atoms with Crippen molar-refractivity contribution in [3.8, 4) is 0 Å². The predicted octanol–water partition coefficient (Wildman–Crippen LogP) is 1.66. The second-order valence-corrected chi connectivity index (χ2v) is 5.23. The molecule has 20 heavy (non-hydrogen) atoms. The van der Waals surface area contributed by atoms with E-state index in [9.17, 15) is 14.7 Å². The number of nitrogen functional groups attached to an aromatic ring is 1. The maximum Gasteiger partial charge on any atom is 0.407 e. The van der Waals surface area contributed by atoms with Crippen LogP contribution in [0.3, 0.4) is 0 Å². The molecule has 1 amide bonds. The number of anilines is 1. The van der Waals surface area contributed by atoms with Crippen LogP contribution in [0.4, 0.5) is 10.5 Å². The van der Waals surface area contributed by atoms with Gasteiger partial charge in [-0.05, 0) is 30.9 Å². The summed E-state index contributed by atoms with van der Waals surface area (Å²) in [4.78, 5) is 23.8. The Kier molecular flexibility index (Phi) is 3.83. The fraction of sp³-hybridized carbons (Fsp3) is 0.429. The number of para-hydroxylation sites is 1. The average molecular weight is 278 g/mol. The first-order valence-corrected chi connectivity index (χ1v) is 6.49. The Morgan fingerprint density at radius 3 is 2.30 bits per heavy atom. The van der Waals surface area contributed by atoms with Crippen LogP contribution in [-0.4, -0.2) is 40.3 Å². The highest BCUT2D eigenvalue weighted by Gasteiger charge is 2.42. The van der Waals surface area contributed by atoms with Gasteiger partial charge in [0.25, 0.3) is 0 Å². The number of amides is 1. The van der Waals surface area contributed by atoms with Gasteiger partial charge in [-0.1, -0.05) is 18.2 Å². The van der Waals surface area contributed by atoms with Crippen molar-refractivity contribution in [2.24, 2.45) is 5.41 Å². The minimum atomic E-state index is -0.997. The topological polar surface area (TPSA) is 104 Å². The minimum absolute atomic E-state index is 0.244. The summed E-state index contributed by atoms with van der Waals surface area (Å²) < 4.78 is 0. The molecule has 6 heteroatoms. The Balaban J connectivity index is 2.18. The second kappa shape index (κ2) is 5.40. The standard InChI is InChI=1S/C14H18N2O4/c15-11-4-2-1-3-10(11)9-14(12(17)18)5-7-16(8-6-14)13(19)20/h1-4H,5-9,15H2,(H,17,18)(H,19,20). The lowest BCUT2D eigenvalue weighted by Gasteiger charge is -2.38. The molecule has 1 heterocycles. The van der Waals surface area contributed by atoms with Gasteiger partial charge in [0.05, 0.1) is 5.41 Å². The van der Waals surface area contributed by atoms with Crippen LogP contribution < -0.4 is 5.73 Å². The largest absolute Gasteiger partial charge is 0.481 e. The lowest BCUT2D eigenvalue weighted by Crippen LogP contribution is -2.47. The van der Waals surface area contributed by atoms with Crippen LogP contribution in [0.2, 0.25) is 0 Å². The fourth-order valence-electron chi connectivity index (χ4n) is 2.65. The molecule has 1 saturated heterocycles. The molecule has 2 rings (SSSR count). The average Bonchev–Trinajstić information content (AvgIpc) is 2.42. The summed E-state index contributed by atoms with van der Waals surface area (Å²) in [7, 11) is 0. The molecule has 1 aliphatic heterocycles. The zero-order chi connectivity index (χ0) is 14.8. The van der Waals surface area contributed by atoms with Gasteiger partial charge < -0.3 is 20.8 Å². The van der Waals surface area contributed by atoms with E-state index in [1.165, 1.54) is 4.90 Å². The molecule has 0 bridgehead atoms. The normalized spacial score (nSPS) is 17.7. The molecule has 108 valence electrons. The third kappa shape index (κ3) is 2.68. The molecule has 0 radical (unpaired) electrons. The van der Waals surface area contributed by atoms with Crippen molar-refractivity contribution < 1.29 is 19.8 Å². The van der Waals surface area contributed by atoms with Gasteiger partial charge in [0.15, 0.2) is 0 Å². The highest BCUT2D eigenvalue weighted by atomic mass is 16.4. The molecule has 0 atom stereocenters. The van der Waals surface area contributed by atoms with Crippen molar-refractivity contribution in [2.45, 2.75) is 19.3 Å². The van der Waals surface area contributed by atoms with Gasteiger partial charge >= 0.3 is 12.1 Å². The highest BCUT2D eigenvalue weighted by molar-refractivity contribution is 5.76. The molecular formula is C14H18N2O4. The van der Waals surface area contributed by atoms with E-state index in [1.54, 1.807) is 12.1 Å². The number of likely N-dealkylation sites (tertiary alicyclic amines) is 1. The van der Waals surface area contributed by atoms with E-state index in [0.717, 1.165) is 5.56 Å². The molecule has 1 aliphatic rings. The zero-order valence-electron chi connectivity index (χ0n) is 11.1. The van der Waals surface area contributed by atoms with Gasteiger partial charge in [-0.15, -0.1) is 0 Å². The molecule has 4 N–H and O–H groups in total. The molecule has 1 aromatic rings. The van der Waals surface area contributed by atoms with Crippen LogP contribution in [-0.2, 0) is 11.2 Å². The predicted molar refractivity (Wildman–Crippen MR) is 73.5 cm³/mol. The number of rotatable bonds is 3. The molecule has 0 aliphatic carbocycles. The van der Waals surface area contributed by atoms with Gasteiger partial charge in [-0.25, -0.2) is 4.79 Å². The Morgan fingerprint density at radius 1 is 1.20 bits per heavy atom. The number of nitrogens with zero attached hydrogens (tertiary/aromatic N) is 1. The molecular weight excluding hydrogens is 260 g/mol. The van der Waals surface area contributed by atoms with E-state index < -0.39 is 17.5 Å². The van der Waals surface area contributed by atoms with Crippen LogP contribution in [0.5, 0.6) is 0 Å². The summed E-state index contributed by atoms with van der Waals surface area (Å²) in [5.41, 5.74) is 6.33. The maximum atomic E-state index is 11.7. The van der Waals surface area contributed by atoms with Crippen LogP contribution in [0.15, 0.2) is 24.3 Å². The number of nitrogens with two attached hydrogens (primary N) is 1. The molecule has 1 fully saturated rings. The zero-order valence-corrected chi connectivity index (χ0v) is 11.1. The number of carbonyl (C=O) groups is 2. The molecule has 0 aromatic heterocycles. The van der Waals surface area contributed by atoms with Crippen molar-refractivity contribution in [2.75, 3.05) is 18.8 Å². The van der Waals surface area contributed by atoms with E-state index in [2.05, 4.69) is 0 Å². The first kappa shape index (κ1) is 14.2. The number of piperidine rings is 1. The lowest BCUT2D eigenvalue weighted by atomic mass is 9.73. The Labute approximate surface area is 116 Å². The first-order chi connectivity index (χ1) is 9.44. The monoisotopic (exact) mass is 278 g/mol. The number of benzene rings is 1. The molecule has 0 spiro atoms. The minimum Gasteiger partial charge on any atom is -0.481 e. The van der Waals surface area contributed by atoms with E-state index in [-0.39, 0.29) is 13.1 Å². The lowest BCUT2D eigenvalue weighted by molar-refractivity contribution is -0.151. The van der Waals surface area contributed by atoms with Gasteiger partial charge in [0.1, 0.15) is 0 Å². The Bertz CT molecular complexity index is 522. The summed E-state index contributed by atoms with van der Waals surface area (Å²) in [6, 6.07) is 7.20. The van der Waals surface area contributed by atoms with E-state index in [4.69, 9.17) is 10.8 Å². The maximum absolute atomic E-state index is 11.7. The molecule has 1 aromatic carbocycles. The third-order valence-electron chi connectivity index (χ3n) is 4.03. The van der Waals surface area contributed by atoms with Crippen LogP contribution in [0.1, 0.15) is 18.4 Å². The van der Waals surface area contributed by atoms with E-state index in [0.29, 0.717) is 24.9 Å². The summed E-state index contributed by atoms with van der Waals surface area (Å²) >= 11 is 0. The smallest absolute Gasteiger partial charge is 0.407 e. The van der Waals surface area contributed by atoms with E-state index >= 15 is 0 Å². The van der Waals surface area contributed by atoms with Gasteiger partial charge in [-0.3, -0.25) is 4.79 Å². The van der Waals surface area contributed by atoms with Gasteiger partial charge in [0.2, 0.25) is 0 Å². The summed E-state index contributed by atoms with van der Waals surface area (Å²) in [6.45, 7) is 0.489. The molecule has 0 saturated carbocycles. The van der Waals surface area contributed by atoms with Crippen molar-refractivity contribution in [1.82, 2.24) is 4.90 Å². The quantitative estimate of drug-likeness (QED) is 0.729. The van der Waals surface area contributed by atoms with Crippen LogP contribution in [0.25, 0.3) is 0 Å². The second-order valence-electron chi connectivity index (χ2n) is 5.23. The van der Waals surface area contributed by atoms with Gasteiger partial charge in [0, 0.05) is 18.8 Å².